The van der Waals surface area contributed by atoms with Crippen LogP contribution in [-0.2, 0) is 14.9 Å². The molecule has 2 aliphatic rings. The van der Waals surface area contributed by atoms with Crippen molar-refractivity contribution in [2.45, 2.75) is 51.0 Å². The molecule has 0 amide bonds. The van der Waals surface area contributed by atoms with Crippen LogP contribution in [0.4, 0.5) is 0 Å². The van der Waals surface area contributed by atoms with Crippen LogP contribution in [0, 0.1) is 5.41 Å². The van der Waals surface area contributed by atoms with Crippen LogP contribution in [0.2, 0.25) is 0 Å². The van der Waals surface area contributed by atoms with E-state index < -0.39 is 12.0 Å². The minimum atomic E-state index is -0.818. The number of aromatic amines is 1. The molecule has 1 heterocycles. The van der Waals surface area contributed by atoms with Gasteiger partial charge in [-0.25, -0.2) is 9.78 Å². The fourth-order valence-electron chi connectivity index (χ4n) is 3.89. The van der Waals surface area contributed by atoms with Gasteiger partial charge in [-0.1, -0.05) is 20.8 Å². The standard InChI is InChI=1S/C14H21N3O2/c1-13(2)7-5-6-14(13,3)10-9(7)16-11(17-10)8(15)12(18)19-4/h7-8H,5-6,15H2,1-4H3,(H,16,17)/t7?,8-,14?/m0/s1. The molecule has 1 aromatic heterocycles. The Labute approximate surface area is 112 Å². The number of ether oxygens (including phenoxy) is 1. The van der Waals surface area contributed by atoms with Crippen LogP contribution < -0.4 is 5.73 Å². The molecular weight excluding hydrogens is 242 g/mol. The highest BCUT2D eigenvalue weighted by molar-refractivity contribution is 5.76. The molecule has 3 rings (SSSR count). The molecule has 0 radical (unpaired) electrons. The Kier molecular flexibility index (Phi) is 2.40. The Hall–Kier alpha value is -1.36. The lowest BCUT2D eigenvalue weighted by atomic mass is 9.70. The third-order valence-corrected chi connectivity index (χ3v) is 5.60. The van der Waals surface area contributed by atoms with Crippen molar-refractivity contribution >= 4 is 5.97 Å². The number of hydrogen-bond donors (Lipinski definition) is 2. The van der Waals surface area contributed by atoms with Crippen molar-refractivity contribution in [1.29, 1.82) is 0 Å². The maximum Gasteiger partial charge on any atom is 0.330 e. The normalized spacial score (nSPS) is 32.2. The second kappa shape index (κ2) is 3.60. The Morgan fingerprint density at radius 3 is 2.79 bits per heavy atom. The second-order valence-corrected chi connectivity index (χ2v) is 6.53. The monoisotopic (exact) mass is 263 g/mol. The van der Waals surface area contributed by atoms with Gasteiger partial charge in [-0.15, -0.1) is 0 Å². The van der Waals surface area contributed by atoms with Crippen LogP contribution in [0.5, 0.6) is 0 Å². The van der Waals surface area contributed by atoms with E-state index in [0.29, 0.717) is 11.7 Å². The van der Waals surface area contributed by atoms with Crippen LogP contribution >= 0.6 is 0 Å². The lowest BCUT2D eigenvalue weighted by Crippen LogP contribution is -2.32. The van der Waals surface area contributed by atoms with Gasteiger partial charge in [-0.3, -0.25) is 0 Å². The Morgan fingerprint density at radius 2 is 2.21 bits per heavy atom. The van der Waals surface area contributed by atoms with Gasteiger partial charge in [-0.2, -0.15) is 0 Å². The van der Waals surface area contributed by atoms with Crippen molar-refractivity contribution in [3.8, 4) is 0 Å². The van der Waals surface area contributed by atoms with Crippen molar-refractivity contribution < 1.29 is 9.53 Å². The molecule has 1 saturated carbocycles. The molecule has 3 atom stereocenters. The number of nitrogens with one attached hydrogen (secondary N) is 1. The first-order chi connectivity index (χ1) is 8.83. The lowest BCUT2D eigenvalue weighted by Gasteiger charge is -2.34. The predicted molar refractivity (Wildman–Crippen MR) is 70.6 cm³/mol. The number of carbonyl (C=O) groups excluding carboxylic acids is 1. The van der Waals surface area contributed by atoms with E-state index in [1.807, 2.05) is 0 Å². The zero-order valence-corrected chi connectivity index (χ0v) is 11.9. The molecule has 5 nitrogen and oxygen atoms in total. The second-order valence-electron chi connectivity index (χ2n) is 6.53. The van der Waals surface area contributed by atoms with Crippen LogP contribution in [0.15, 0.2) is 0 Å². The number of methoxy groups -OCH3 is 1. The van der Waals surface area contributed by atoms with Gasteiger partial charge in [0.2, 0.25) is 0 Å². The molecule has 3 N–H and O–H groups in total. The summed E-state index contributed by atoms with van der Waals surface area (Å²) >= 11 is 0. The van der Waals surface area contributed by atoms with E-state index in [0.717, 1.165) is 12.1 Å². The fourth-order valence-corrected chi connectivity index (χ4v) is 3.89. The van der Waals surface area contributed by atoms with Gasteiger partial charge in [0.25, 0.3) is 0 Å². The molecule has 5 heteroatoms. The first kappa shape index (κ1) is 12.7. The summed E-state index contributed by atoms with van der Waals surface area (Å²) in [6.45, 7) is 6.88. The summed E-state index contributed by atoms with van der Waals surface area (Å²) in [4.78, 5) is 19.4. The van der Waals surface area contributed by atoms with Gasteiger partial charge in [0, 0.05) is 17.0 Å². The number of nitrogens with zero attached hydrogens (tertiary/aromatic N) is 1. The SMILES string of the molecule is COC(=O)[C@@H](N)c1nc2c([nH]1)C1CCC2(C)C1(C)C. The van der Waals surface area contributed by atoms with Gasteiger partial charge in [-0.05, 0) is 18.3 Å². The van der Waals surface area contributed by atoms with Crippen LogP contribution in [0.3, 0.4) is 0 Å². The highest BCUT2D eigenvalue weighted by atomic mass is 16.5. The van der Waals surface area contributed by atoms with Gasteiger partial charge < -0.3 is 15.5 Å². The van der Waals surface area contributed by atoms with E-state index in [2.05, 4.69) is 35.5 Å². The molecule has 0 spiro atoms. The van der Waals surface area contributed by atoms with Crippen molar-refractivity contribution in [3.63, 3.8) is 0 Å². The number of rotatable bonds is 2. The number of imidazole rings is 1. The summed E-state index contributed by atoms with van der Waals surface area (Å²) in [5.41, 5.74) is 8.44. The van der Waals surface area contributed by atoms with E-state index >= 15 is 0 Å². The third kappa shape index (κ3) is 1.34. The maximum atomic E-state index is 11.5. The Balaban J connectivity index is 2.03. The van der Waals surface area contributed by atoms with E-state index in [9.17, 15) is 4.79 Å². The van der Waals surface area contributed by atoms with Crippen LogP contribution in [0.1, 0.15) is 62.8 Å². The Bertz CT molecular complexity index is 549. The van der Waals surface area contributed by atoms with Gasteiger partial charge >= 0.3 is 5.97 Å². The molecule has 19 heavy (non-hydrogen) atoms. The van der Waals surface area contributed by atoms with E-state index in [1.54, 1.807) is 0 Å². The van der Waals surface area contributed by atoms with Crippen molar-refractivity contribution in [2.24, 2.45) is 11.1 Å². The number of esters is 1. The first-order valence-corrected chi connectivity index (χ1v) is 6.76. The quantitative estimate of drug-likeness (QED) is 0.797. The average Bonchev–Trinajstić information content (AvgIpc) is 2.94. The van der Waals surface area contributed by atoms with Gasteiger partial charge in [0.1, 0.15) is 5.82 Å². The minimum Gasteiger partial charge on any atom is -0.468 e. The molecule has 1 fully saturated rings. The molecular formula is C14H21N3O2. The van der Waals surface area contributed by atoms with Gasteiger partial charge in [0.15, 0.2) is 6.04 Å². The zero-order valence-electron chi connectivity index (χ0n) is 11.9. The number of carbonyl (C=O) groups is 1. The summed E-state index contributed by atoms with van der Waals surface area (Å²) in [6, 6.07) is -0.818. The highest BCUT2D eigenvalue weighted by Crippen LogP contribution is 2.66. The topological polar surface area (TPSA) is 81.0 Å². The Morgan fingerprint density at radius 1 is 1.53 bits per heavy atom. The number of aromatic nitrogens is 2. The van der Waals surface area contributed by atoms with Crippen LogP contribution in [0.25, 0.3) is 0 Å². The molecule has 104 valence electrons. The molecule has 2 unspecified atom stereocenters. The lowest BCUT2D eigenvalue weighted by molar-refractivity contribution is -0.142. The van der Waals surface area contributed by atoms with Gasteiger partial charge in [0.05, 0.1) is 12.8 Å². The smallest absolute Gasteiger partial charge is 0.330 e. The summed E-state index contributed by atoms with van der Waals surface area (Å²) in [6.07, 6.45) is 2.32. The molecule has 1 aromatic rings. The van der Waals surface area contributed by atoms with Crippen molar-refractivity contribution in [1.82, 2.24) is 9.97 Å². The van der Waals surface area contributed by atoms with E-state index in [4.69, 9.17) is 5.73 Å². The minimum absolute atomic E-state index is 0.0809. The number of nitrogens with two attached hydrogens (primary N) is 1. The van der Waals surface area contributed by atoms with Crippen molar-refractivity contribution in [2.75, 3.05) is 7.11 Å². The van der Waals surface area contributed by atoms with Crippen molar-refractivity contribution in [3.05, 3.63) is 17.2 Å². The third-order valence-electron chi connectivity index (χ3n) is 5.60. The molecule has 0 aromatic carbocycles. The highest BCUT2D eigenvalue weighted by Gasteiger charge is 2.61. The summed E-state index contributed by atoms with van der Waals surface area (Å²) in [7, 11) is 1.34. The predicted octanol–water partition coefficient (Wildman–Crippen LogP) is 1.76. The average molecular weight is 263 g/mol. The maximum absolute atomic E-state index is 11.5. The number of H-pyrrole nitrogens is 1. The largest absolute Gasteiger partial charge is 0.468 e. The molecule has 0 aliphatic heterocycles. The van der Waals surface area contributed by atoms with E-state index in [-0.39, 0.29) is 10.8 Å². The zero-order chi connectivity index (χ0) is 14.0. The molecule has 0 saturated heterocycles. The number of hydrogen-bond acceptors (Lipinski definition) is 4. The van der Waals surface area contributed by atoms with Crippen LogP contribution in [-0.4, -0.2) is 23.0 Å². The summed E-state index contributed by atoms with van der Waals surface area (Å²) in [5, 5.41) is 0. The molecule has 2 bridgehead atoms. The number of fused-ring (bicyclic) bond motifs is 5. The first-order valence-electron chi connectivity index (χ1n) is 6.76. The molecule has 2 aliphatic carbocycles. The summed E-state index contributed by atoms with van der Waals surface area (Å²) < 4.78 is 4.68. The summed E-state index contributed by atoms with van der Waals surface area (Å²) in [5.74, 6) is 0.563. The van der Waals surface area contributed by atoms with E-state index in [1.165, 1.54) is 19.2 Å². The fraction of sp³-hybridized carbons (Fsp3) is 0.714.